The predicted molar refractivity (Wildman–Crippen MR) is 413 cm³/mol. The van der Waals surface area contributed by atoms with E-state index < -0.39 is 10.8 Å². The SMILES string of the molecule is c1ccc(-c2c3cc4c(cc3c(-c3ccccc3)c3c2oc2cc(N(c5ccccc5)c5cccc(C6(c7ccccc7)c7ccccc7-c7ccccc76)c5)ccc23)oc2cc(N(c3ccccc3)c3cccc(C5(c6ccccc6)c6ccccc6-c6ccccc65)c3)ccc24)cc1. The maximum atomic E-state index is 7.59. The summed E-state index contributed by atoms with van der Waals surface area (Å²) >= 11 is 0. The molecule has 2 aliphatic carbocycles. The number of nitrogens with zero attached hydrogens (tertiary/aromatic N) is 2. The molecule has 4 heteroatoms. The lowest BCUT2D eigenvalue weighted by atomic mass is 9.67. The van der Waals surface area contributed by atoms with E-state index in [2.05, 4.69) is 386 Å². The monoisotopic (exact) mass is 1270 g/mol. The van der Waals surface area contributed by atoms with E-state index in [0.29, 0.717) is 0 Å². The highest BCUT2D eigenvalue weighted by molar-refractivity contribution is 6.29. The average Bonchev–Trinajstić information content (AvgIpc) is 1.53. The highest BCUT2D eigenvalue weighted by Crippen LogP contribution is 2.59. The molecule has 0 amide bonds. The van der Waals surface area contributed by atoms with Gasteiger partial charge in [0.1, 0.15) is 22.3 Å². The van der Waals surface area contributed by atoms with Gasteiger partial charge in [0.2, 0.25) is 0 Å². The van der Waals surface area contributed by atoms with Gasteiger partial charge in [-0.05, 0) is 174 Å². The van der Waals surface area contributed by atoms with Gasteiger partial charge in [0, 0.05) is 78.9 Å². The summed E-state index contributed by atoms with van der Waals surface area (Å²) < 4.78 is 14.9. The van der Waals surface area contributed by atoms with Crippen LogP contribution in [-0.2, 0) is 10.8 Å². The average molecular weight is 1280 g/mol. The van der Waals surface area contributed by atoms with E-state index in [0.717, 1.165) is 111 Å². The highest BCUT2D eigenvalue weighted by atomic mass is 16.3. The van der Waals surface area contributed by atoms with Crippen LogP contribution in [0.1, 0.15) is 44.5 Å². The number of anilines is 6. The Morgan fingerprint density at radius 2 is 0.550 bits per heavy atom. The van der Waals surface area contributed by atoms with E-state index in [-0.39, 0.29) is 0 Å². The van der Waals surface area contributed by atoms with Crippen molar-refractivity contribution >= 4 is 88.8 Å². The van der Waals surface area contributed by atoms with Gasteiger partial charge < -0.3 is 18.6 Å². The zero-order chi connectivity index (χ0) is 65.9. The highest BCUT2D eigenvalue weighted by Gasteiger charge is 2.48. The fraction of sp³-hybridized carbons (Fsp3) is 0.0208. The van der Waals surface area contributed by atoms with Gasteiger partial charge in [-0.2, -0.15) is 0 Å². The maximum absolute atomic E-state index is 7.59. The van der Waals surface area contributed by atoms with Crippen molar-refractivity contribution in [1.29, 1.82) is 0 Å². The Morgan fingerprint density at radius 1 is 0.210 bits per heavy atom. The summed E-state index contributed by atoms with van der Waals surface area (Å²) in [5, 5.41) is 6.28. The number of hydrogen-bond acceptors (Lipinski definition) is 4. The van der Waals surface area contributed by atoms with Crippen molar-refractivity contribution in [2.75, 3.05) is 9.80 Å². The Bertz CT molecular complexity index is 6130. The Kier molecular flexibility index (Phi) is 13.1. The molecule has 0 spiro atoms. The molecule has 0 N–H and O–H groups in total. The van der Waals surface area contributed by atoms with Gasteiger partial charge in [0.15, 0.2) is 0 Å². The van der Waals surface area contributed by atoms with Crippen molar-refractivity contribution in [2.24, 2.45) is 0 Å². The van der Waals surface area contributed by atoms with Gasteiger partial charge in [-0.15, -0.1) is 0 Å². The van der Waals surface area contributed by atoms with E-state index in [4.69, 9.17) is 8.83 Å². The zero-order valence-corrected chi connectivity index (χ0v) is 54.5. The lowest BCUT2D eigenvalue weighted by molar-refractivity contribution is 0.669. The summed E-state index contributed by atoms with van der Waals surface area (Å²) in [5.74, 6) is 0. The molecular weight excluding hydrogens is 1210 g/mol. The minimum atomic E-state index is -0.572. The molecule has 100 heavy (non-hydrogen) atoms. The van der Waals surface area contributed by atoms with Crippen molar-refractivity contribution in [1.82, 2.24) is 0 Å². The van der Waals surface area contributed by atoms with E-state index >= 15 is 0 Å². The van der Waals surface area contributed by atoms with Crippen LogP contribution < -0.4 is 9.80 Å². The maximum Gasteiger partial charge on any atom is 0.144 e. The second-order valence-corrected chi connectivity index (χ2v) is 26.5. The fourth-order valence-corrected chi connectivity index (χ4v) is 17.3. The van der Waals surface area contributed by atoms with Crippen LogP contribution in [0.5, 0.6) is 0 Å². The second-order valence-electron chi connectivity index (χ2n) is 26.5. The van der Waals surface area contributed by atoms with Gasteiger partial charge >= 0.3 is 0 Å². The summed E-state index contributed by atoms with van der Waals surface area (Å²) in [7, 11) is 0. The molecule has 16 aromatic carbocycles. The van der Waals surface area contributed by atoms with Crippen molar-refractivity contribution < 1.29 is 8.83 Å². The van der Waals surface area contributed by atoms with Crippen LogP contribution in [0.15, 0.2) is 385 Å². The third-order valence-electron chi connectivity index (χ3n) is 21.3. The van der Waals surface area contributed by atoms with Crippen molar-refractivity contribution in [3.63, 3.8) is 0 Å². The first-order chi connectivity index (χ1) is 49.6. The quantitative estimate of drug-likeness (QED) is 0.122. The van der Waals surface area contributed by atoms with E-state index in [1.54, 1.807) is 0 Å². The first-order valence-corrected chi connectivity index (χ1v) is 34.5. The molecule has 20 rings (SSSR count). The minimum absolute atomic E-state index is 0.562. The van der Waals surface area contributed by atoms with Gasteiger partial charge in [-0.3, -0.25) is 0 Å². The van der Waals surface area contributed by atoms with Gasteiger partial charge in [-0.25, -0.2) is 0 Å². The van der Waals surface area contributed by atoms with Crippen LogP contribution in [0.25, 0.3) is 99.2 Å². The van der Waals surface area contributed by atoms with Gasteiger partial charge in [-0.1, -0.05) is 279 Å². The lowest BCUT2D eigenvalue weighted by Crippen LogP contribution is -2.28. The third-order valence-corrected chi connectivity index (χ3v) is 21.3. The Labute approximate surface area is 579 Å². The molecule has 2 aromatic heterocycles. The fourth-order valence-electron chi connectivity index (χ4n) is 17.3. The van der Waals surface area contributed by atoms with Crippen LogP contribution >= 0.6 is 0 Å². The van der Waals surface area contributed by atoms with Crippen LogP contribution in [0, 0.1) is 0 Å². The molecule has 4 nitrogen and oxygen atoms in total. The number of furan rings is 2. The van der Waals surface area contributed by atoms with E-state index in [9.17, 15) is 0 Å². The molecular formula is C96H62N2O2. The van der Waals surface area contributed by atoms with E-state index in [1.165, 1.54) is 66.8 Å². The summed E-state index contributed by atoms with van der Waals surface area (Å²) in [6.45, 7) is 0. The van der Waals surface area contributed by atoms with Gasteiger partial charge in [0.25, 0.3) is 0 Å². The molecule has 468 valence electrons. The van der Waals surface area contributed by atoms with Crippen LogP contribution in [0.4, 0.5) is 34.1 Å². The molecule has 0 radical (unpaired) electrons. The standard InChI is InChI=1S/C96H62N2O2/c1-7-29-63(30-8-1)91-83-62-90-81(79-55-53-73(59-88(79)99-90)97(69-39-15-5-16-40-69)71-43-27-37-67(57-71)95(65-33-11-3-12-34-65)84-49-23-19-45-75(84)76-46-20-24-50-85(76)95)61-82(83)92(64-31-9-2-10-32-64)94-93(91)80-56-54-74(60-89(80)100-94)98(70-41-17-6-18-42-70)72-44-28-38-68(58-72)96(66-35-13-4-14-36-66)86-51-25-21-47-77(86)78-48-22-26-52-87(78)96/h1-62H. The van der Waals surface area contributed by atoms with Crippen LogP contribution in [0.2, 0.25) is 0 Å². The molecule has 2 heterocycles. The van der Waals surface area contributed by atoms with Gasteiger partial charge in [0.05, 0.1) is 10.8 Å². The Morgan fingerprint density at radius 3 is 1.01 bits per heavy atom. The summed E-state index contributed by atoms with van der Waals surface area (Å²) in [6, 6.07) is 137. The third kappa shape index (κ3) is 8.54. The van der Waals surface area contributed by atoms with Crippen molar-refractivity contribution in [2.45, 2.75) is 10.8 Å². The molecule has 0 bridgehead atoms. The Balaban J connectivity index is 0.765. The first-order valence-electron chi connectivity index (χ1n) is 34.5. The molecule has 0 atom stereocenters. The smallest absolute Gasteiger partial charge is 0.144 e. The number of benzene rings is 16. The van der Waals surface area contributed by atoms with Crippen LogP contribution in [0.3, 0.4) is 0 Å². The van der Waals surface area contributed by atoms with E-state index in [1.807, 2.05) is 0 Å². The minimum Gasteiger partial charge on any atom is -0.456 e. The second kappa shape index (κ2) is 22.8. The van der Waals surface area contributed by atoms with Crippen molar-refractivity contribution in [3.8, 4) is 44.5 Å². The predicted octanol–water partition coefficient (Wildman–Crippen LogP) is 25.6. The molecule has 2 aliphatic rings. The number of rotatable bonds is 12. The largest absolute Gasteiger partial charge is 0.456 e. The lowest BCUT2D eigenvalue weighted by Gasteiger charge is -2.35. The summed E-state index contributed by atoms with van der Waals surface area (Å²) in [5.41, 5.74) is 27.5. The molecule has 0 saturated heterocycles. The summed E-state index contributed by atoms with van der Waals surface area (Å²) in [6.07, 6.45) is 0. The topological polar surface area (TPSA) is 32.8 Å². The number of para-hydroxylation sites is 2. The molecule has 0 unspecified atom stereocenters. The Hall–Kier alpha value is -13.0. The number of hydrogen-bond donors (Lipinski definition) is 0. The first kappa shape index (κ1) is 57.2. The molecule has 0 aliphatic heterocycles. The van der Waals surface area contributed by atoms with Crippen molar-refractivity contribution in [3.05, 3.63) is 421 Å². The van der Waals surface area contributed by atoms with Crippen LogP contribution in [-0.4, -0.2) is 0 Å². The normalized spacial score (nSPS) is 13.2. The molecule has 0 fully saturated rings. The number of fused-ring (bicyclic) bond motifs is 13. The molecule has 0 saturated carbocycles. The summed E-state index contributed by atoms with van der Waals surface area (Å²) in [4.78, 5) is 4.75. The molecule has 18 aromatic rings. The zero-order valence-electron chi connectivity index (χ0n) is 54.5.